The Balaban J connectivity index is 1.65. The molecule has 0 aromatic heterocycles. The lowest BCUT2D eigenvalue weighted by Crippen LogP contribution is -2.60. The van der Waals surface area contributed by atoms with Crippen molar-refractivity contribution in [2.75, 3.05) is 20.3 Å². The molecule has 1 unspecified atom stereocenters. The van der Waals surface area contributed by atoms with E-state index in [-0.39, 0.29) is 23.5 Å². The number of aliphatic hydroxyl groups excluding tert-OH is 2. The predicted molar refractivity (Wildman–Crippen MR) is 115 cm³/mol. The molecular formula is C24H37NO6. The maximum Gasteiger partial charge on any atom is 0.159 e. The Kier molecular flexibility index (Phi) is 5.86. The largest absolute Gasteiger partial charge is 0.393 e. The van der Waals surface area contributed by atoms with Gasteiger partial charge in [-0.15, -0.1) is 0 Å². The minimum Gasteiger partial charge on any atom is -0.393 e. The SMILES string of the molecule is COCCO/N=C(/C)[C@H]1CC[C@@]2(O)C3=CC(=O)[C@@H]4C[C@@H](O)[C@@H](O)C[C@]4(C)C3CC[C@]12C. The van der Waals surface area contributed by atoms with Crippen molar-refractivity contribution >= 4 is 11.5 Å². The van der Waals surface area contributed by atoms with Crippen molar-refractivity contribution in [1.82, 2.24) is 0 Å². The first-order valence-corrected chi connectivity index (χ1v) is 11.6. The Morgan fingerprint density at radius 1 is 1.16 bits per heavy atom. The van der Waals surface area contributed by atoms with Crippen LogP contribution in [0.2, 0.25) is 0 Å². The number of oxime groups is 1. The van der Waals surface area contributed by atoms with E-state index in [1.54, 1.807) is 13.2 Å². The normalized spacial score (nSPS) is 47.3. The standard InChI is InChI=1S/C24H37NO6/c1-14(25-31-10-9-30-4)15-6-8-24(29)17-11-19(26)18-12-20(27)21(28)13-22(18,2)16(17)5-7-23(15,24)3/h11,15-16,18,20-21,27-29H,5-10,12-13H2,1-4H3/b25-14-/t15-,16?,18+,20-,21+,22-,23-,24-/m1/s1. The van der Waals surface area contributed by atoms with Crippen LogP contribution >= 0.6 is 0 Å². The van der Waals surface area contributed by atoms with Gasteiger partial charge in [-0.25, -0.2) is 0 Å². The van der Waals surface area contributed by atoms with Crippen molar-refractivity contribution in [1.29, 1.82) is 0 Å². The van der Waals surface area contributed by atoms with E-state index in [0.717, 1.165) is 30.5 Å². The number of methoxy groups -OCH3 is 1. The Labute approximate surface area is 184 Å². The molecule has 3 fully saturated rings. The Morgan fingerprint density at radius 2 is 1.90 bits per heavy atom. The van der Waals surface area contributed by atoms with Gasteiger partial charge in [-0.3, -0.25) is 4.79 Å². The number of nitrogens with zero attached hydrogens (tertiary/aromatic N) is 1. The second kappa shape index (κ2) is 7.94. The smallest absolute Gasteiger partial charge is 0.159 e. The third-order valence-corrected chi connectivity index (χ3v) is 9.21. The molecule has 7 nitrogen and oxygen atoms in total. The molecule has 4 aliphatic rings. The van der Waals surface area contributed by atoms with Crippen molar-refractivity contribution < 1.29 is 29.7 Å². The maximum atomic E-state index is 13.2. The first kappa shape index (κ1) is 22.9. The van der Waals surface area contributed by atoms with Crippen molar-refractivity contribution in [2.24, 2.45) is 33.7 Å². The Morgan fingerprint density at radius 3 is 2.61 bits per heavy atom. The van der Waals surface area contributed by atoms with Crippen LogP contribution in [0.5, 0.6) is 0 Å². The summed E-state index contributed by atoms with van der Waals surface area (Å²) in [6.45, 7) is 7.00. The van der Waals surface area contributed by atoms with Gasteiger partial charge in [0.1, 0.15) is 6.61 Å². The third-order valence-electron chi connectivity index (χ3n) is 9.21. The van der Waals surface area contributed by atoms with Crippen LogP contribution in [0.1, 0.15) is 59.3 Å². The molecule has 174 valence electrons. The summed E-state index contributed by atoms with van der Waals surface area (Å²) in [5.74, 6) is -0.220. The molecule has 7 heteroatoms. The van der Waals surface area contributed by atoms with Crippen molar-refractivity contribution in [2.45, 2.75) is 77.1 Å². The molecule has 0 heterocycles. The highest BCUT2D eigenvalue weighted by atomic mass is 16.6. The minimum atomic E-state index is -1.07. The van der Waals surface area contributed by atoms with Gasteiger partial charge >= 0.3 is 0 Å². The maximum absolute atomic E-state index is 13.2. The summed E-state index contributed by atoms with van der Waals surface area (Å²) in [6.07, 6.45) is 3.71. The van der Waals surface area contributed by atoms with Crippen LogP contribution in [-0.2, 0) is 14.4 Å². The molecule has 0 amide bonds. The average Bonchev–Trinajstić information content (AvgIpc) is 2.99. The van der Waals surface area contributed by atoms with Crippen molar-refractivity contribution in [3.63, 3.8) is 0 Å². The van der Waals surface area contributed by atoms with Crippen molar-refractivity contribution in [3.05, 3.63) is 11.6 Å². The zero-order valence-corrected chi connectivity index (χ0v) is 19.1. The predicted octanol–water partition coefficient (Wildman–Crippen LogP) is 2.23. The van der Waals surface area contributed by atoms with E-state index in [2.05, 4.69) is 19.0 Å². The average molecular weight is 436 g/mol. The van der Waals surface area contributed by atoms with Gasteiger partial charge in [-0.05, 0) is 68.4 Å². The Bertz CT molecular complexity index is 795. The lowest BCUT2D eigenvalue weighted by Gasteiger charge is -2.59. The number of aliphatic hydroxyl groups is 3. The molecule has 0 aromatic carbocycles. The first-order valence-electron chi connectivity index (χ1n) is 11.6. The lowest BCUT2D eigenvalue weighted by molar-refractivity contribution is -0.151. The van der Waals surface area contributed by atoms with Gasteiger partial charge in [0, 0.05) is 24.4 Å². The summed E-state index contributed by atoms with van der Waals surface area (Å²) in [4.78, 5) is 18.6. The summed E-state index contributed by atoms with van der Waals surface area (Å²) in [7, 11) is 1.62. The van der Waals surface area contributed by atoms with Crippen LogP contribution in [-0.4, -0.2) is 64.9 Å². The Hall–Kier alpha value is -1.28. The fourth-order valence-electron chi connectivity index (χ4n) is 7.37. The highest BCUT2D eigenvalue weighted by molar-refractivity contribution is 5.95. The van der Waals surface area contributed by atoms with Crippen LogP contribution in [0, 0.1) is 28.6 Å². The number of hydrogen-bond acceptors (Lipinski definition) is 7. The van der Waals surface area contributed by atoms with E-state index < -0.39 is 28.6 Å². The molecule has 0 radical (unpaired) electrons. The van der Waals surface area contributed by atoms with Crippen LogP contribution < -0.4 is 0 Å². The molecule has 4 aliphatic carbocycles. The number of fused-ring (bicyclic) bond motifs is 5. The third kappa shape index (κ3) is 3.31. The molecule has 8 atom stereocenters. The quantitative estimate of drug-likeness (QED) is 0.347. The topological polar surface area (TPSA) is 109 Å². The number of hydrogen-bond donors (Lipinski definition) is 3. The highest BCUT2D eigenvalue weighted by Crippen LogP contribution is 2.67. The van der Waals surface area contributed by atoms with E-state index in [0.29, 0.717) is 32.5 Å². The molecule has 0 aromatic rings. The van der Waals surface area contributed by atoms with E-state index in [1.807, 2.05) is 6.92 Å². The van der Waals surface area contributed by atoms with Gasteiger partial charge in [-0.2, -0.15) is 0 Å². The summed E-state index contributed by atoms with van der Waals surface area (Å²) < 4.78 is 5.00. The van der Waals surface area contributed by atoms with E-state index in [1.165, 1.54) is 0 Å². The lowest BCUT2D eigenvalue weighted by atomic mass is 9.46. The van der Waals surface area contributed by atoms with E-state index in [9.17, 15) is 20.1 Å². The van der Waals surface area contributed by atoms with Gasteiger partial charge in [0.15, 0.2) is 5.78 Å². The minimum absolute atomic E-state index is 0.0193. The van der Waals surface area contributed by atoms with E-state index in [4.69, 9.17) is 9.57 Å². The highest BCUT2D eigenvalue weighted by Gasteiger charge is 2.66. The van der Waals surface area contributed by atoms with Gasteiger partial charge in [0.25, 0.3) is 0 Å². The number of ketones is 1. The molecule has 3 saturated carbocycles. The molecule has 3 N–H and O–H groups in total. The van der Waals surface area contributed by atoms with Crippen LogP contribution in [0.25, 0.3) is 0 Å². The van der Waals surface area contributed by atoms with Gasteiger partial charge in [0.05, 0.1) is 30.1 Å². The van der Waals surface area contributed by atoms with Gasteiger partial charge in [-0.1, -0.05) is 19.0 Å². The summed E-state index contributed by atoms with van der Waals surface area (Å²) >= 11 is 0. The molecule has 0 spiro atoms. The van der Waals surface area contributed by atoms with Crippen LogP contribution in [0.15, 0.2) is 16.8 Å². The molecule has 0 bridgehead atoms. The fraction of sp³-hybridized carbons (Fsp3) is 0.833. The zero-order chi connectivity index (χ0) is 22.6. The second-order valence-corrected chi connectivity index (χ2v) is 10.7. The zero-order valence-electron chi connectivity index (χ0n) is 19.1. The molecule has 31 heavy (non-hydrogen) atoms. The number of carbonyl (C=O) groups is 1. The van der Waals surface area contributed by atoms with Gasteiger partial charge < -0.3 is 24.9 Å². The fourth-order valence-corrected chi connectivity index (χ4v) is 7.37. The number of ether oxygens (including phenoxy) is 1. The van der Waals surface area contributed by atoms with E-state index >= 15 is 0 Å². The monoisotopic (exact) mass is 435 g/mol. The van der Waals surface area contributed by atoms with Crippen LogP contribution in [0.4, 0.5) is 0 Å². The number of rotatable bonds is 5. The summed E-state index contributed by atoms with van der Waals surface area (Å²) in [5.41, 5.74) is -0.236. The first-order chi connectivity index (χ1) is 14.6. The number of allylic oxidation sites excluding steroid dienone is 1. The van der Waals surface area contributed by atoms with Crippen LogP contribution in [0.3, 0.4) is 0 Å². The van der Waals surface area contributed by atoms with Gasteiger partial charge in [0.2, 0.25) is 0 Å². The number of carbonyl (C=O) groups excluding carboxylic acids is 1. The van der Waals surface area contributed by atoms with Crippen molar-refractivity contribution in [3.8, 4) is 0 Å². The molecule has 0 saturated heterocycles. The molecule has 4 rings (SSSR count). The molecule has 0 aliphatic heterocycles. The summed E-state index contributed by atoms with van der Waals surface area (Å²) in [5, 5.41) is 37.0. The molecular weight excluding hydrogens is 398 g/mol. The summed E-state index contributed by atoms with van der Waals surface area (Å²) in [6, 6.07) is 0. The second-order valence-electron chi connectivity index (χ2n) is 10.7.